The number of alkyl halides is 2. The molecule has 23 heavy (non-hydrogen) atoms. The Kier molecular flexibility index (Phi) is 5.84. The lowest BCUT2D eigenvalue weighted by Gasteiger charge is -2.17. The van der Waals surface area contributed by atoms with Gasteiger partial charge >= 0.3 is 5.69 Å². The standard InChI is InChI=1S/C11H13BrClN5O5/c12-9(13)8(16-17-14)4-2-18(11(22)15-10(4)21)7-1-5(20)6(3-19)23-7/h2,5-9,19-20H,1,3H2,(H,15,21,22)/t5-,6+,7+,8?,9?/m0/s1. The molecule has 1 fully saturated rings. The van der Waals surface area contributed by atoms with Gasteiger partial charge in [-0.3, -0.25) is 14.3 Å². The Morgan fingerprint density at radius 1 is 1.65 bits per heavy atom. The van der Waals surface area contributed by atoms with Gasteiger partial charge in [-0.05, 0) is 5.53 Å². The number of aliphatic hydroxyl groups is 2. The molecule has 1 aliphatic heterocycles. The molecule has 0 aliphatic carbocycles. The van der Waals surface area contributed by atoms with Crippen molar-refractivity contribution in [1.29, 1.82) is 0 Å². The highest BCUT2D eigenvalue weighted by Gasteiger charge is 2.35. The third-order valence-electron chi connectivity index (χ3n) is 3.42. The van der Waals surface area contributed by atoms with Crippen molar-refractivity contribution in [2.24, 2.45) is 5.11 Å². The zero-order valence-electron chi connectivity index (χ0n) is 11.5. The molecule has 0 saturated carbocycles. The number of hydrogen-bond donors (Lipinski definition) is 3. The number of aliphatic hydroxyl groups excluding tert-OH is 2. The van der Waals surface area contributed by atoms with Crippen LogP contribution in [0.5, 0.6) is 0 Å². The molecule has 2 heterocycles. The molecule has 0 bridgehead atoms. The van der Waals surface area contributed by atoms with Crippen LogP contribution in [0.2, 0.25) is 0 Å². The largest absolute Gasteiger partial charge is 0.394 e. The van der Waals surface area contributed by atoms with Gasteiger partial charge in [-0.1, -0.05) is 21.0 Å². The van der Waals surface area contributed by atoms with Crippen molar-refractivity contribution < 1.29 is 14.9 Å². The second kappa shape index (κ2) is 7.47. The summed E-state index contributed by atoms with van der Waals surface area (Å²) in [5.74, 6) is 0. The Hall–Kier alpha value is -1.36. The van der Waals surface area contributed by atoms with Crippen molar-refractivity contribution in [1.82, 2.24) is 9.55 Å². The second-order valence-electron chi connectivity index (χ2n) is 4.85. The predicted molar refractivity (Wildman–Crippen MR) is 83.4 cm³/mol. The van der Waals surface area contributed by atoms with E-state index in [-0.39, 0.29) is 12.0 Å². The summed E-state index contributed by atoms with van der Waals surface area (Å²) in [5, 5.41) is 22.3. The number of H-pyrrole nitrogens is 1. The summed E-state index contributed by atoms with van der Waals surface area (Å²) in [5.41, 5.74) is 7.05. The van der Waals surface area contributed by atoms with Gasteiger partial charge in [-0.15, -0.1) is 11.6 Å². The van der Waals surface area contributed by atoms with Gasteiger partial charge in [0.05, 0.1) is 18.8 Å². The Balaban J connectivity index is 2.47. The van der Waals surface area contributed by atoms with Crippen LogP contribution in [0, 0.1) is 0 Å². The molecule has 0 radical (unpaired) electrons. The number of aromatic amines is 1. The van der Waals surface area contributed by atoms with Crippen LogP contribution in [0.4, 0.5) is 0 Å². The maximum Gasteiger partial charge on any atom is 0.330 e. The van der Waals surface area contributed by atoms with E-state index >= 15 is 0 Å². The number of ether oxygens (including phenoxy) is 1. The van der Waals surface area contributed by atoms with E-state index in [1.54, 1.807) is 0 Å². The molecule has 1 aromatic rings. The lowest BCUT2D eigenvalue weighted by Crippen LogP contribution is -2.35. The number of hydrogen-bond acceptors (Lipinski definition) is 6. The van der Waals surface area contributed by atoms with Gasteiger partial charge in [-0.2, -0.15) is 0 Å². The molecular formula is C11H13BrClN5O5. The number of halogens is 2. The van der Waals surface area contributed by atoms with E-state index in [0.29, 0.717) is 0 Å². The Morgan fingerprint density at radius 2 is 2.35 bits per heavy atom. The van der Waals surface area contributed by atoms with Crippen molar-refractivity contribution in [3.8, 4) is 0 Å². The number of rotatable bonds is 5. The average molecular weight is 411 g/mol. The lowest BCUT2D eigenvalue weighted by molar-refractivity contribution is -0.0460. The van der Waals surface area contributed by atoms with Crippen LogP contribution in [-0.4, -0.2) is 42.9 Å². The van der Waals surface area contributed by atoms with Gasteiger partial charge < -0.3 is 14.9 Å². The van der Waals surface area contributed by atoms with E-state index in [9.17, 15) is 14.7 Å². The maximum absolute atomic E-state index is 12.0. The third kappa shape index (κ3) is 3.77. The van der Waals surface area contributed by atoms with Crippen LogP contribution in [0.15, 0.2) is 20.9 Å². The first kappa shape index (κ1) is 18.0. The van der Waals surface area contributed by atoms with Crippen LogP contribution >= 0.6 is 27.5 Å². The summed E-state index contributed by atoms with van der Waals surface area (Å²) in [6.07, 6.45) is -1.42. The van der Waals surface area contributed by atoms with Crippen LogP contribution < -0.4 is 11.2 Å². The van der Waals surface area contributed by atoms with Gasteiger partial charge in [0.2, 0.25) is 0 Å². The van der Waals surface area contributed by atoms with E-state index in [0.717, 1.165) is 4.57 Å². The zero-order valence-corrected chi connectivity index (χ0v) is 13.9. The molecule has 126 valence electrons. The topological polar surface area (TPSA) is 153 Å². The maximum atomic E-state index is 12.0. The van der Waals surface area contributed by atoms with Crippen molar-refractivity contribution in [2.45, 2.75) is 35.2 Å². The summed E-state index contributed by atoms with van der Waals surface area (Å²) in [7, 11) is 0. The van der Waals surface area contributed by atoms with Gasteiger partial charge in [0.1, 0.15) is 16.6 Å². The molecule has 12 heteroatoms. The summed E-state index contributed by atoms with van der Waals surface area (Å²) in [6, 6.07) is -1.06. The first-order chi connectivity index (χ1) is 10.9. The van der Waals surface area contributed by atoms with Crippen molar-refractivity contribution >= 4 is 27.5 Å². The highest BCUT2D eigenvalue weighted by Crippen LogP contribution is 2.30. The first-order valence-electron chi connectivity index (χ1n) is 6.51. The molecule has 1 aromatic heterocycles. The van der Waals surface area contributed by atoms with E-state index in [1.807, 2.05) is 0 Å². The molecule has 2 unspecified atom stereocenters. The minimum atomic E-state index is -1.06. The van der Waals surface area contributed by atoms with E-state index in [1.165, 1.54) is 6.20 Å². The predicted octanol–water partition coefficient (Wildman–Crippen LogP) is 0.488. The fraction of sp³-hybridized carbons (Fsp3) is 0.636. The minimum absolute atomic E-state index is 0.0372. The summed E-state index contributed by atoms with van der Waals surface area (Å²) < 4.78 is 5.57. The Morgan fingerprint density at radius 3 is 2.87 bits per heavy atom. The second-order valence-corrected chi connectivity index (χ2v) is 6.83. The Labute approximate surface area is 142 Å². The number of nitrogens with zero attached hydrogens (tertiary/aromatic N) is 4. The molecule has 3 N–H and O–H groups in total. The van der Waals surface area contributed by atoms with Crippen molar-refractivity contribution in [3.63, 3.8) is 0 Å². The van der Waals surface area contributed by atoms with Crippen LogP contribution in [0.1, 0.15) is 24.3 Å². The molecule has 2 rings (SSSR count). The number of aromatic nitrogens is 2. The minimum Gasteiger partial charge on any atom is -0.394 e. The summed E-state index contributed by atoms with van der Waals surface area (Å²) in [6.45, 7) is -0.408. The molecule has 1 saturated heterocycles. The van der Waals surface area contributed by atoms with E-state index in [2.05, 4.69) is 30.9 Å². The van der Waals surface area contributed by atoms with E-state index in [4.69, 9.17) is 27.0 Å². The van der Waals surface area contributed by atoms with Crippen LogP contribution in [0.25, 0.3) is 10.4 Å². The van der Waals surface area contributed by atoms with Crippen molar-refractivity contribution in [2.75, 3.05) is 6.61 Å². The van der Waals surface area contributed by atoms with Gasteiger partial charge in [0, 0.05) is 23.1 Å². The average Bonchev–Trinajstić information content (AvgIpc) is 2.86. The number of azide groups is 1. The SMILES string of the molecule is [N-]=[N+]=NC(c1cn([C@H]2C[C@H](O)[C@@H](CO)O2)c(=O)[nH]c1=O)C(Cl)Br. The smallest absolute Gasteiger partial charge is 0.330 e. The summed E-state index contributed by atoms with van der Waals surface area (Å²) in [4.78, 5) is 28.6. The monoisotopic (exact) mass is 409 g/mol. The third-order valence-corrected chi connectivity index (χ3v) is 4.16. The molecule has 1 aliphatic rings. The molecule has 5 atom stereocenters. The summed E-state index contributed by atoms with van der Waals surface area (Å²) >= 11 is 8.88. The highest BCUT2D eigenvalue weighted by atomic mass is 79.9. The Bertz CT molecular complexity index is 730. The fourth-order valence-electron chi connectivity index (χ4n) is 2.28. The molecule has 0 aromatic carbocycles. The van der Waals surface area contributed by atoms with E-state index < -0.39 is 46.6 Å². The fourth-order valence-corrected chi connectivity index (χ4v) is 2.86. The lowest BCUT2D eigenvalue weighted by atomic mass is 10.1. The van der Waals surface area contributed by atoms with Crippen LogP contribution in [0.3, 0.4) is 0 Å². The number of nitrogens with one attached hydrogen (secondary N) is 1. The molecule has 10 nitrogen and oxygen atoms in total. The van der Waals surface area contributed by atoms with Gasteiger partial charge in [0.25, 0.3) is 5.56 Å². The quantitative estimate of drug-likeness (QED) is 0.279. The van der Waals surface area contributed by atoms with Gasteiger partial charge in [-0.25, -0.2) is 4.79 Å². The molecule has 0 spiro atoms. The first-order valence-corrected chi connectivity index (χ1v) is 7.86. The van der Waals surface area contributed by atoms with Crippen molar-refractivity contribution in [3.05, 3.63) is 43.0 Å². The molecular weight excluding hydrogens is 398 g/mol. The van der Waals surface area contributed by atoms with Gasteiger partial charge in [0.15, 0.2) is 0 Å². The van der Waals surface area contributed by atoms with Crippen LogP contribution in [-0.2, 0) is 4.74 Å². The zero-order chi connectivity index (χ0) is 17.1. The normalized spacial score (nSPS) is 26.5. The highest BCUT2D eigenvalue weighted by molar-refractivity contribution is 9.10. The molecule has 0 amide bonds.